The fourth-order valence-corrected chi connectivity index (χ4v) is 34.1. The molecule has 0 aliphatic rings. The second-order valence-electron chi connectivity index (χ2n) is 19.2. The molecule has 0 rings (SSSR count). The number of esters is 2. The third-order valence-electron chi connectivity index (χ3n) is 10.3. The van der Waals surface area contributed by atoms with Crippen LogP contribution in [0, 0.1) is 11.8 Å². The molecular formula is C44H92O14Si5. The predicted molar refractivity (Wildman–Crippen MR) is 263 cm³/mol. The molecule has 63 heavy (non-hydrogen) atoms. The van der Waals surface area contributed by atoms with Gasteiger partial charge in [0.2, 0.25) is 0 Å². The van der Waals surface area contributed by atoms with E-state index in [0.717, 1.165) is 43.8 Å². The van der Waals surface area contributed by atoms with Crippen molar-refractivity contribution in [3.05, 3.63) is 24.3 Å². The van der Waals surface area contributed by atoms with Gasteiger partial charge < -0.3 is 55.1 Å². The van der Waals surface area contributed by atoms with E-state index >= 15 is 0 Å². The van der Waals surface area contributed by atoms with Crippen molar-refractivity contribution >= 4 is 54.3 Å². The molecule has 2 N–H and O–H groups in total. The van der Waals surface area contributed by atoms with Gasteiger partial charge in [0.15, 0.2) is 16.6 Å². The molecule has 0 spiro atoms. The van der Waals surface area contributed by atoms with Gasteiger partial charge >= 0.3 is 37.6 Å². The van der Waals surface area contributed by atoms with Crippen molar-refractivity contribution in [2.24, 2.45) is 11.8 Å². The van der Waals surface area contributed by atoms with E-state index in [0.29, 0.717) is 82.9 Å². The Morgan fingerprint density at radius 3 is 1.30 bits per heavy atom. The zero-order chi connectivity index (χ0) is 48.3. The Morgan fingerprint density at radius 2 is 0.937 bits per heavy atom. The Bertz CT molecular complexity index is 1310. The molecule has 0 heterocycles. The van der Waals surface area contributed by atoms with Crippen LogP contribution in [0.4, 0.5) is 0 Å². The maximum absolute atomic E-state index is 12.1. The van der Waals surface area contributed by atoms with Gasteiger partial charge in [-0.2, -0.15) is 0 Å². The van der Waals surface area contributed by atoms with Gasteiger partial charge in [-0.25, -0.2) is 9.59 Å². The Labute approximate surface area is 388 Å². The summed E-state index contributed by atoms with van der Waals surface area (Å²) in [5.41, 5.74) is 0.764. The predicted octanol–water partition coefficient (Wildman–Crippen LogP) is 8.99. The molecular weight excluding hydrogens is 893 g/mol. The largest absolute Gasteiger partial charge is 0.462 e. The van der Waals surface area contributed by atoms with Crippen LogP contribution in [0.5, 0.6) is 0 Å². The monoisotopic (exact) mass is 985 g/mol. The van der Waals surface area contributed by atoms with Gasteiger partial charge in [-0.05, 0) is 141 Å². The summed E-state index contributed by atoms with van der Waals surface area (Å²) >= 11 is 0. The third kappa shape index (κ3) is 30.9. The number of ether oxygens (including phenoxy) is 6. The zero-order valence-electron chi connectivity index (χ0n) is 42.2. The number of carbonyl (C=O) groups is 2. The minimum absolute atomic E-state index is 0.0181. The Morgan fingerprint density at radius 1 is 0.556 bits per heavy atom. The average molecular weight is 986 g/mol. The van der Waals surface area contributed by atoms with Gasteiger partial charge in [0.1, 0.15) is 0 Å². The third-order valence-corrected chi connectivity index (χ3v) is 31.5. The molecule has 0 aliphatic heterocycles. The minimum Gasteiger partial charge on any atom is -0.462 e. The molecule has 0 radical (unpaired) electrons. The molecule has 0 aromatic heterocycles. The van der Waals surface area contributed by atoms with Crippen LogP contribution in [0.3, 0.4) is 0 Å². The summed E-state index contributed by atoms with van der Waals surface area (Å²) in [5.74, 6) is -0.342. The van der Waals surface area contributed by atoms with Crippen molar-refractivity contribution in [3.63, 3.8) is 0 Å². The van der Waals surface area contributed by atoms with Crippen LogP contribution in [0.15, 0.2) is 24.3 Å². The van der Waals surface area contributed by atoms with Crippen molar-refractivity contribution in [3.8, 4) is 0 Å². The van der Waals surface area contributed by atoms with E-state index in [1.807, 2.05) is 13.8 Å². The van der Waals surface area contributed by atoms with E-state index in [2.05, 4.69) is 79.4 Å². The molecule has 6 atom stereocenters. The first-order valence-electron chi connectivity index (χ1n) is 23.3. The van der Waals surface area contributed by atoms with E-state index < -0.39 is 42.3 Å². The summed E-state index contributed by atoms with van der Waals surface area (Å²) in [4.78, 5) is 24.1. The Kier molecular flexibility index (Phi) is 31.5. The lowest BCUT2D eigenvalue weighted by Gasteiger charge is -2.46. The summed E-state index contributed by atoms with van der Waals surface area (Å²) in [6.45, 7) is 39.8. The van der Waals surface area contributed by atoms with Gasteiger partial charge in [0.25, 0.3) is 0 Å². The molecule has 0 amide bonds. The molecule has 0 fully saturated rings. The number of rotatable bonds is 40. The molecule has 0 aromatic carbocycles. The van der Waals surface area contributed by atoms with E-state index in [-0.39, 0.29) is 49.2 Å². The van der Waals surface area contributed by atoms with Crippen molar-refractivity contribution in [1.82, 2.24) is 0 Å². The number of aliphatic hydroxyl groups excluding tert-OH is 2. The van der Waals surface area contributed by atoms with Crippen LogP contribution in [0.25, 0.3) is 0 Å². The van der Waals surface area contributed by atoms with Crippen LogP contribution >= 0.6 is 0 Å². The fourth-order valence-electron chi connectivity index (χ4n) is 7.60. The molecule has 0 bridgehead atoms. The van der Waals surface area contributed by atoms with Gasteiger partial charge in [0.05, 0.1) is 65.1 Å². The average Bonchev–Trinajstić information content (AvgIpc) is 3.15. The first kappa shape index (κ1) is 62.1. The van der Waals surface area contributed by atoms with Gasteiger partial charge in [-0.15, -0.1) is 0 Å². The number of carbonyl (C=O) groups excluding carboxylic acids is 2. The first-order chi connectivity index (χ1) is 29.3. The second-order valence-corrected chi connectivity index (χ2v) is 38.7. The highest BCUT2D eigenvalue weighted by atomic mass is 28.5. The van der Waals surface area contributed by atoms with Gasteiger partial charge in [-0.3, -0.25) is 0 Å². The van der Waals surface area contributed by atoms with Crippen molar-refractivity contribution in [1.29, 1.82) is 0 Å². The lowest BCUT2D eigenvalue weighted by atomic mass is 10.1. The lowest BCUT2D eigenvalue weighted by Crippen LogP contribution is -2.61. The van der Waals surface area contributed by atoms with Crippen LogP contribution in [-0.4, -0.2) is 143 Å². The minimum atomic E-state index is -3.07. The fraction of sp³-hybridized carbons (Fsp3) is 0.864. The molecule has 0 aliphatic carbocycles. The quantitative estimate of drug-likeness (QED) is 0.0258. The lowest BCUT2D eigenvalue weighted by molar-refractivity contribution is -0.139. The van der Waals surface area contributed by atoms with E-state index in [4.69, 9.17) is 44.9 Å². The highest BCUT2D eigenvalue weighted by molar-refractivity contribution is 6.91. The van der Waals surface area contributed by atoms with Crippen molar-refractivity contribution < 1.29 is 64.7 Å². The van der Waals surface area contributed by atoms with Gasteiger partial charge in [-0.1, -0.05) is 40.9 Å². The Hall–Kier alpha value is -0.896. The van der Waals surface area contributed by atoms with E-state index in [1.165, 1.54) is 0 Å². The molecule has 0 saturated heterocycles. The van der Waals surface area contributed by atoms with Crippen LogP contribution in [0.2, 0.25) is 76.6 Å². The van der Waals surface area contributed by atoms with Crippen LogP contribution in [-0.2, 0) is 54.5 Å². The van der Waals surface area contributed by atoms with Crippen LogP contribution < -0.4 is 0 Å². The molecule has 14 nitrogen and oxygen atoms in total. The summed E-state index contributed by atoms with van der Waals surface area (Å²) in [7, 11) is -13.6. The van der Waals surface area contributed by atoms with Crippen molar-refractivity contribution in [2.75, 3.05) is 66.1 Å². The molecule has 19 heteroatoms. The number of hydrogen-bond donors (Lipinski definition) is 2. The molecule has 372 valence electrons. The number of aliphatic hydroxyl groups is 2. The van der Waals surface area contributed by atoms with Gasteiger partial charge in [0, 0.05) is 24.4 Å². The normalized spacial score (nSPS) is 16.4. The zero-order valence-corrected chi connectivity index (χ0v) is 47.2. The Balaban J connectivity index is 6.55. The first-order valence-corrected chi connectivity index (χ1v) is 37.4. The van der Waals surface area contributed by atoms with Crippen molar-refractivity contribution in [2.45, 2.75) is 169 Å². The molecule has 0 saturated carbocycles. The maximum atomic E-state index is 12.1. The molecule has 6 unspecified atom stereocenters. The van der Waals surface area contributed by atoms with E-state index in [9.17, 15) is 19.8 Å². The summed E-state index contributed by atoms with van der Waals surface area (Å²) < 4.78 is 63.8. The topological polar surface area (TPSA) is 167 Å². The highest BCUT2D eigenvalue weighted by Crippen LogP contribution is 2.36. The summed E-state index contributed by atoms with van der Waals surface area (Å²) in [6.07, 6.45) is 4.44. The molecule has 0 aromatic rings. The summed E-state index contributed by atoms with van der Waals surface area (Å²) in [6, 6.07) is 3.02. The summed E-state index contributed by atoms with van der Waals surface area (Å²) in [5, 5.41) is 18.4. The standard InChI is InChI=1S/C44H92O14Si5/c1-17-41(51-29-23-45)33-49-27-21-39(7)35-62(15,56-60(11,12)32-20-26-54-44(48)38(5)6)58-63(16,36-40(8)22-28-50-34-42(18-2)52-30-24-46)57-61(13,14)55-59(9,10)31-19-25-53-43(47)37(3)4/h39-42,45-46H,3,5,17-36H2,1-2,4,6-16H3. The smallest absolute Gasteiger partial charge is 0.333 e. The SMILES string of the molecule is C=C(C)C(=O)OCCC[Si](C)(C)O[Si](C)(C)O[Si](C)(CC(C)CCOCC(CC)OCCO)O[Si](C)(CC(C)CCOCC(CC)OCCO)O[Si](C)(C)CCCOC(=O)C(=C)C. The van der Waals surface area contributed by atoms with E-state index in [1.54, 1.807) is 13.8 Å². The maximum Gasteiger partial charge on any atom is 0.333 e. The second kappa shape index (κ2) is 32.0. The van der Waals surface area contributed by atoms with Crippen LogP contribution in [0.1, 0.15) is 80.1 Å². The highest BCUT2D eigenvalue weighted by Gasteiger charge is 2.50. The number of hydrogen-bond acceptors (Lipinski definition) is 14.